The number of halogens is 1. The molecule has 1 saturated heterocycles. The predicted octanol–water partition coefficient (Wildman–Crippen LogP) is 2.96. The molecule has 3 aromatic rings. The molecule has 0 spiro atoms. The Morgan fingerprint density at radius 1 is 1.22 bits per heavy atom. The van der Waals surface area contributed by atoms with Crippen LogP contribution in [0.25, 0.3) is 5.82 Å². The van der Waals surface area contributed by atoms with Crippen molar-refractivity contribution in [2.24, 2.45) is 0 Å². The minimum absolute atomic E-state index is 0.0371. The SMILES string of the molecule is O=C(Cc1ccc([C@H]2CNCCO2)cc1)c1cnn(-c2ccc(I)cn2)c1. The summed E-state index contributed by atoms with van der Waals surface area (Å²) >= 11 is 2.20. The van der Waals surface area contributed by atoms with Gasteiger partial charge in [0.15, 0.2) is 11.6 Å². The average Bonchev–Trinajstić information content (AvgIpc) is 3.20. The number of pyridine rings is 1. The zero-order chi connectivity index (χ0) is 18.6. The van der Waals surface area contributed by atoms with Crippen molar-refractivity contribution in [1.82, 2.24) is 20.1 Å². The molecule has 1 aliphatic rings. The van der Waals surface area contributed by atoms with E-state index in [0.29, 0.717) is 17.8 Å². The number of benzene rings is 1. The molecule has 0 saturated carbocycles. The number of nitrogens with one attached hydrogen (secondary N) is 1. The Bertz CT molecular complexity index is 916. The van der Waals surface area contributed by atoms with Gasteiger partial charge in [0.05, 0.1) is 24.5 Å². The topological polar surface area (TPSA) is 69.0 Å². The van der Waals surface area contributed by atoms with Crippen LogP contribution in [0.5, 0.6) is 0 Å². The van der Waals surface area contributed by atoms with Gasteiger partial charge in [0.1, 0.15) is 0 Å². The zero-order valence-corrected chi connectivity index (χ0v) is 16.8. The van der Waals surface area contributed by atoms with Gasteiger partial charge in [-0.15, -0.1) is 0 Å². The summed E-state index contributed by atoms with van der Waals surface area (Å²) in [7, 11) is 0. The van der Waals surface area contributed by atoms with Gasteiger partial charge in [-0.25, -0.2) is 9.67 Å². The molecule has 3 heterocycles. The molecule has 2 aromatic heterocycles. The Morgan fingerprint density at radius 3 is 2.78 bits per heavy atom. The quantitative estimate of drug-likeness (QED) is 0.455. The fourth-order valence-corrected chi connectivity index (χ4v) is 3.33. The zero-order valence-electron chi connectivity index (χ0n) is 14.6. The maximum Gasteiger partial charge on any atom is 0.170 e. The lowest BCUT2D eigenvalue weighted by atomic mass is 10.0. The number of ether oxygens (including phenoxy) is 1. The van der Waals surface area contributed by atoms with E-state index in [1.54, 1.807) is 23.3 Å². The van der Waals surface area contributed by atoms with Gasteiger partial charge in [0.2, 0.25) is 0 Å². The maximum atomic E-state index is 12.6. The van der Waals surface area contributed by atoms with E-state index in [0.717, 1.165) is 34.4 Å². The Hall–Kier alpha value is -2.10. The first-order valence-corrected chi connectivity index (χ1v) is 9.88. The van der Waals surface area contributed by atoms with Crippen LogP contribution in [0, 0.1) is 3.57 Å². The lowest BCUT2D eigenvalue weighted by Gasteiger charge is -2.24. The van der Waals surface area contributed by atoms with Crippen LogP contribution in [0.15, 0.2) is 55.0 Å². The van der Waals surface area contributed by atoms with Crippen LogP contribution in [0.3, 0.4) is 0 Å². The minimum atomic E-state index is 0.0371. The molecule has 1 aliphatic heterocycles. The number of morpholine rings is 1. The van der Waals surface area contributed by atoms with Crippen LogP contribution in [-0.2, 0) is 11.2 Å². The third kappa shape index (κ3) is 4.42. The molecule has 0 radical (unpaired) electrons. The van der Waals surface area contributed by atoms with Gasteiger partial charge in [0.25, 0.3) is 0 Å². The molecule has 0 amide bonds. The standard InChI is InChI=1S/C20H19IN4O2/c21-17-5-6-20(23-11-17)25-13-16(10-24-25)18(26)9-14-1-3-15(4-2-14)19-12-22-7-8-27-19/h1-6,10-11,13,19,22H,7-9,12H2/t19-/m1/s1. The third-order valence-corrected chi connectivity index (χ3v) is 5.13. The summed E-state index contributed by atoms with van der Waals surface area (Å²) in [6, 6.07) is 11.9. The minimum Gasteiger partial charge on any atom is -0.371 e. The Balaban J connectivity index is 1.42. The number of hydrogen-bond donors (Lipinski definition) is 1. The molecule has 1 fully saturated rings. The summed E-state index contributed by atoms with van der Waals surface area (Å²) in [6.45, 7) is 2.45. The molecule has 0 aliphatic carbocycles. The number of hydrogen-bond acceptors (Lipinski definition) is 5. The third-order valence-electron chi connectivity index (χ3n) is 4.49. The van der Waals surface area contributed by atoms with Crippen LogP contribution in [0.2, 0.25) is 0 Å². The molecule has 27 heavy (non-hydrogen) atoms. The summed E-state index contributed by atoms with van der Waals surface area (Å²) in [4.78, 5) is 16.9. The number of rotatable bonds is 5. The highest BCUT2D eigenvalue weighted by Crippen LogP contribution is 2.20. The predicted molar refractivity (Wildman–Crippen MR) is 110 cm³/mol. The monoisotopic (exact) mass is 474 g/mol. The van der Waals surface area contributed by atoms with Crippen molar-refractivity contribution in [1.29, 1.82) is 0 Å². The second-order valence-electron chi connectivity index (χ2n) is 6.41. The first-order chi connectivity index (χ1) is 13.2. The molecular formula is C20H19IN4O2. The molecule has 6 nitrogen and oxygen atoms in total. The van der Waals surface area contributed by atoms with Crippen molar-refractivity contribution in [3.8, 4) is 5.82 Å². The molecule has 4 rings (SSSR count). The fraction of sp³-hybridized carbons (Fsp3) is 0.250. The highest BCUT2D eigenvalue weighted by atomic mass is 127. The smallest absolute Gasteiger partial charge is 0.170 e. The van der Waals surface area contributed by atoms with Crippen molar-refractivity contribution in [2.45, 2.75) is 12.5 Å². The average molecular weight is 474 g/mol. The Kier molecular flexibility index (Phi) is 5.61. The first-order valence-electron chi connectivity index (χ1n) is 8.80. The lowest BCUT2D eigenvalue weighted by molar-refractivity contribution is 0.0277. The first kappa shape index (κ1) is 18.3. The second-order valence-corrected chi connectivity index (χ2v) is 7.66. The number of Topliss-reactive ketones (excluding diaryl/α,β-unsaturated/α-hetero) is 1. The van der Waals surface area contributed by atoms with Gasteiger partial charge in [-0.1, -0.05) is 24.3 Å². The summed E-state index contributed by atoms with van der Waals surface area (Å²) in [5.41, 5.74) is 2.70. The lowest BCUT2D eigenvalue weighted by Crippen LogP contribution is -2.33. The van der Waals surface area contributed by atoms with Crippen LogP contribution < -0.4 is 5.32 Å². The highest BCUT2D eigenvalue weighted by molar-refractivity contribution is 14.1. The van der Waals surface area contributed by atoms with Gasteiger partial charge in [-0.2, -0.15) is 5.10 Å². The number of carbonyl (C=O) groups is 1. The number of aromatic nitrogens is 3. The van der Waals surface area contributed by atoms with Crippen molar-refractivity contribution in [2.75, 3.05) is 19.7 Å². The molecule has 1 aromatic carbocycles. The molecule has 0 unspecified atom stereocenters. The molecule has 7 heteroatoms. The largest absolute Gasteiger partial charge is 0.371 e. The van der Waals surface area contributed by atoms with E-state index in [4.69, 9.17) is 4.74 Å². The number of ketones is 1. The number of nitrogens with zero attached hydrogens (tertiary/aromatic N) is 3. The van der Waals surface area contributed by atoms with Gasteiger partial charge in [0, 0.05) is 35.5 Å². The van der Waals surface area contributed by atoms with E-state index in [2.05, 4.69) is 38.0 Å². The molecule has 0 bridgehead atoms. The van der Waals surface area contributed by atoms with E-state index in [1.165, 1.54) is 0 Å². The van der Waals surface area contributed by atoms with E-state index >= 15 is 0 Å². The van der Waals surface area contributed by atoms with Crippen molar-refractivity contribution in [3.05, 3.63) is 75.2 Å². The second kappa shape index (κ2) is 8.28. The molecular weight excluding hydrogens is 455 g/mol. The summed E-state index contributed by atoms with van der Waals surface area (Å²) in [5, 5.41) is 7.59. The van der Waals surface area contributed by atoms with Crippen LogP contribution >= 0.6 is 22.6 Å². The van der Waals surface area contributed by atoms with E-state index in [1.807, 2.05) is 36.4 Å². The summed E-state index contributed by atoms with van der Waals surface area (Å²) < 4.78 is 8.44. The summed E-state index contributed by atoms with van der Waals surface area (Å²) in [5.74, 6) is 0.731. The molecule has 1 N–H and O–H groups in total. The van der Waals surface area contributed by atoms with Crippen molar-refractivity contribution >= 4 is 28.4 Å². The summed E-state index contributed by atoms with van der Waals surface area (Å²) in [6.07, 6.45) is 5.52. The maximum absolute atomic E-state index is 12.6. The molecule has 138 valence electrons. The molecule has 1 atom stereocenters. The van der Waals surface area contributed by atoms with Gasteiger partial charge in [-0.3, -0.25) is 4.79 Å². The highest BCUT2D eigenvalue weighted by Gasteiger charge is 2.16. The van der Waals surface area contributed by atoms with Crippen molar-refractivity contribution in [3.63, 3.8) is 0 Å². The van der Waals surface area contributed by atoms with Gasteiger partial charge in [-0.05, 0) is 45.9 Å². The van der Waals surface area contributed by atoms with E-state index in [-0.39, 0.29) is 11.9 Å². The van der Waals surface area contributed by atoms with Gasteiger partial charge < -0.3 is 10.1 Å². The van der Waals surface area contributed by atoms with Gasteiger partial charge >= 0.3 is 0 Å². The Morgan fingerprint density at radius 2 is 2.07 bits per heavy atom. The van der Waals surface area contributed by atoms with Crippen molar-refractivity contribution < 1.29 is 9.53 Å². The normalized spacial score (nSPS) is 17.0. The van der Waals surface area contributed by atoms with E-state index in [9.17, 15) is 4.79 Å². The van der Waals surface area contributed by atoms with E-state index < -0.39 is 0 Å². The van der Waals surface area contributed by atoms with Crippen LogP contribution in [0.4, 0.5) is 0 Å². The van der Waals surface area contributed by atoms with Crippen LogP contribution in [0.1, 0.15) is 27.6 Å². The number of carbonyl (C=O) groups excluding carboxylic acids is 1. The fourth-order valence-electron chi connectivity index (χ4n) is 3.01. The van der Waals surface area contributed by atoms with Crippen LogP contribution in [-0.4, -0.2) is 40.2 Å². The Labute approximate surface area is 171 Å².